The van der Waals surface area contributed by atoms with E-state index in [4.69, 9.17) is 4.74 Å². The molecular weight excluding hydrogens is 282 g/mol. The zero-order valence-electron chi connectivity index (χ0n) is 12.5. The van der Waals surface area contributed by atoms with Gasteiger partial charge >= 0.3 is 5.97 Å². The lowest BCUT2D eigenvalue weighted by Gasteiger charge is -2.20. The lowest BCUT2D eigenvalue weighted by Crippen LogP contribution is -2.19. The van der Waals surface area contributed by atoms with Gasteiger partial charge in [0.1, 0.15) is 5.69 Å². The lowest BCUT2D eigenvalue weighted by atomic mass is 9.86. The summed E-state index contributed by atoms with van der Waals surface area (Å²) in [5.41, 5.74) is 1.47. The maximum Gasteiger partial charge on any atom is 0.356 e. The van der Waals surface area contributed by atoms with Crippen LogP contribution in [0.1, 0.15) is 54.7 Å². The zero-order chi connectivity index (χ0) is 15.3. The molecule has 2 saturated carbocycles. The van der Waals surface area contributed by atoms with Gasteiger partial charge in [-0.2, -0.15) is 0 Å². The van der Waals surface area contributed by atoms with Crippen molar-refractivity contribution in [3.8, 4) is 0 Å². The van der Waals surface area contributed by atoms with Crippen LogP contribution in [0.5, 0.6) is 0 Å². The molecule has 0 radical (unpaired) electrons. The highest BCUT2D eigenvalue weighted by Crippen LogP contribution is 2.52. The molecule has 0 amide bonds. The summed E-state index contributed by atoms with van der Waals surface area (Å²) in [6.07, 6.45) is 4.98. The summed E-state index contributed by atoms with van der Waals surface area (Å²) in [5, 5.41) is 2.77. The molecule has 0 aliphatic heterocycles. The molecule has 2 aliphatic rings. The van der Waals surface area contributed by atoms with Crippen LogP contribution < -0.4 is 5.56 Å². The van der Waals surface area contributed by atoms with E-state index in [0.29, 0.717) is 24.1 Å². The Labute approximate surface area is 127 Å². The summed E-state index contributed by atoms with van der Waals surface area (Å²) in [7, 11) is 0. The summed E-state index contributed by atoms with van der Waals surface area (Å²) in [6, 6.07) is 3.21. The van der Waals surface area contributed by atoms with E-state index < -0.39 is 5.97 Å². The number of carbonyl (C=O) groups excluding carboxylic acids is 1. The highest BCUT2D eigenvalue weighted by atomic mass is 16.5. The zero-order valence-corrected chi connectivity index (χ0v) is 12.5. The third-order valence-electron chi connectivity index (χ3n) is 5.08. The van der Waals surface area contributed by atoms with Crippen LogP contribution in [0.15, 0.2) is 16.9 Å². The molecule has 2 bridgehead atoms. The summed E-state index contributed by atoms with van der Waals surface area (Å²) in [6.45, 7) is 2.05. The number of fused-ring (bicyclic) bond motifs is 3. The molecule has 2 aromatic rings. The normalized spacial score (nSPS) is 26.7. The first-order valence-electron chi connectivity index (χ1n) is 7.95. The number of nitrogens with zero attached hydrogens (tertiary/aromatic N) is 2. The van der Waals surface area contributed by atoms with Gasteiger partial charge in [0, 0.05) is 18.1 Å². The Balaban J connectivity index is 1.73. The molecule has 0 spiro atoms. The summed E-state index contributed by atoms with van der Waals surface area (Å²) in [4.78, 5) is 28.7. The molecule has 22 heavy (non-hydrogen) atoms. The molecule has 2 fully saturated rings. The number of hydrogen-bond donors (Lipinski definition) is 1. The minimum absolute atomic E-state index is 0.168. The van der Waals surface area contributed by atoms with Crippen LogP contribution >= 0.6 is 0 Å². The van der Waals surface area contributed by atoms with Gasteiger partial charge in [0.25, 0.3) is 5.56 Å². The van der Waals surface area contributed by atoms with Crippen LogP contribution in [0.4, 0.5) is 0 Å². The molecule has 2 aliphatic carbocycles. The fourth-order valence-corrected chi connectivity index (χ4v) is 4.12. The van der Waals surface area contributed by atoms with Crippen LogP contribution in [0, 0.1) is 11.8 Å². The second-order valence-corrected chi connectivity index (χ2v) is 6.38. The number of carbonyl (C=O) groups is 1. The standard InChI is InChI=1S/C16H19N3O3/c1-2-22-16(21)13-7-14-17-12(8-15(20)19(14)18-13)11-6-9-3-4-10(11)5-9/h7-11,18H,2-6H2,1H3. The third kappa shape index (κ3) is 2.05. The van der Waals surface area contributed by atoms with Crippen molar-refractivity contribution < 1.29 is 9.53 Å². The van der Waals surface area contributed by atoms with Gasteiger partial charge in [0.05, 0.1) is 12.3 Å². The molecule has 4 rings (SSSR count). The van der Waals surface area contributed by atoms with Gasteiger partial charge in [-0.1, -0.05) is 6.42 Å². The molecule has 3 atom stereocenters. The van der Waals surface area contributed by atoms with E-state index in [1.54, 1.807) is 19.1 Å². The van der Waals surface area contributed by atoms with E-state index in [-0.39, 0.29) is 11.3 Å². The predicted molar refractivity (Wildman–Crippen MR) is 80.0 cm³/mol. The van der Waals surface area contributed by atoms with Gasteiger partial charge in [-0.25, -0.2) is 14.3 Å². The first-order valence-corrected chi connectivity index (χ1v) is 7.95. The number of nitrogens with one attached hydrogen (secondary N) is 1. The van der Waals surface area contributed by atoms with Crippen molar-refractivity contribution in [1.29, 1.82) is 0 Å². The lowest BCUT2D eigenvalue weighted by molar-refractivity contribution is 0.0519. The molecule has 116 valence electrons. The number of H-pyrrole nitrogens is 1. The topological polar surface area (TPSA) is 76.5 Å². The van der Waals surface area contributed by atoms with E-state index >= 15 is 0 Å². The maximum atomic E-state index is 12.3. The highest BCUT2D eigenvalue weighted by molar-refractivity contribution is 5.88. The molecule has 2 heterocycles. The van der Waals surface area contributed by atoms with E-state index in [1.807, 2.05) is 0 Å². The van der Waals surface area contributed by atoms with Gasteiger partial charge in [-0.15, -0.1) is 0 Å². The second kappa shape index (κ2) is 4.97. The van der Waals surface area contributed by atoms with Gasteiger partial charge in [-0.05, 0) is 38.0 Å². The molecule has 6 heteroatoms. The van der Waals surface area contributed by atoms with Crippen molar-refractivity contribution in [2.75, 3.05) is 6.61 Å². The van der Waals surface area contributed by atoms with Crippen molar-refractivity contribution in [1.82, 2.24) is 14.6 Å². The molecule has 0 aromatic carbocycles. The average Bonchev–Trinajstić information content (AvgIpc) is 3.21. The molecule has 1 N–H and O–H groups in total. The number of hydrogen-bond acceptors (Lipinski definition) is 4. The van der Waals surface area contributed by atoms with Crippen LogP contribution in [-0.2, 0) is 4.74 Å². The molecular formula is C16H19N3O3. The Bertz CT molecular complexity index is 792. The van der Waals surface area contributed by atoms with E-state index in [0.717, 1.165) is 18.0 Å². The smallest absolute Gasteiger partial charge is 0.356 e. The quantitative estimate of drug-likeness (QED) is 0.881. The van der Waals surface area contributed by atoms with Crippen LogP contribution in [0.25, 0.3) is 5.65 Å². The highest BCUT2D eigenvalue weighted by Gasteiger charge is 2.41. The fourth-order valence-electron chi connectivity index (χ4n) is 4.12. The number of rotatable bonds is 3. The van der Waals surface area contributed by atoms with Gasteiger partial charge < -0.3 is 4.74 Å². The summed E-state index contributed by atoms with van der Waals surface area (Å²) in [5.74, 6) is 1.41. The third-order valence-corrected chi connectivity index (χ3v) is 5.08. The molecule has 2 aromatic heterocycles. The van der Waals surface area contributed by atoms with Crippen LogP contribution in [0.3, 0.4) is 0 Å². The Morgan fingerprint density at radius 3 is 2.95 bits per heavy atom. The van der Waals surface area contributed by atoms with Gasteiger partial charge in [-0.3, -0.25) is 9.89 Å². The van der Waals surface area contributed by atoms with E-state index in [1.165, 1.54) is 23.8 Å². The first-order chi connectivity index (χ1) is 10.7. The summed E-state index contributed by atoms with van der Waals surface area (Å²) >= 11 is 0. The van der Waals surface area contributed by atoms with Crippen LogP contribution in [-0.4, -0.2) is 27.2 Å². The first kappa shape index (κ1) is 13.5. The van der Waals surface area contributed by atoms with E-state index in [2.05, 4.69) is 10.1 Å². The van der Waals surface area contributed by atoms with Gasteiger partial charge in [0.15, 0.2) is 5.65 Å². The number of aromatic nitrogens is 3. The largest absolute Gasteiger partial charge is 0.461 e. The Morgan fingerprint density at radius 2 is 2.27 bits per heavy atom. The number of aromatic amines is 1. The van der Waals surface area contributed by atoms with E-state index in [9.17, 15) is 9.59 Å². The average molecular weight is 301 g/mol. The Kier molecular flexibility index (Phi) is 3.06. The van der Waals surface area contributed by atoms with Crippen molar-refractivity contribution >= 4 is 11.6 Å². The molecule has 3 unspecified atom stereocenters. The fraction of sp³-hybridized carbons (Fsp3) is 0.562. The Morgan fingerprint density at radius 1 is 1.41 bits per heavy atom. The summed E-state index contributed by atoms with van der Waals surface area (Å²) < 4.78 is 6.26. The monoisotopic (exact) mass is 301 g/mol. The number of ether oxygens (including phenoxy) is 1. The van der Waals surface area contributed by atoms with Crippen molar-refractivity contribution in [2.24, 2.45) is 11.8 Å². The van der Waals surface area contributed by atoms with Crippen molar-refractivity contribution in [3.05, 3.63) is 33.9 Å². The van der Waals surface area contributed by atoms with Crippen LogP contribution in [0.2, 0.25) is 0 Å². The minimum Gasteiger partial charge on any atom is -0.461 e. The predicted octanol–water partition coefficient (Wildman–Crippen LogP) is 2.10. The van der Waals surface area contributed by atoms with Crippen molar-refractivity contribution in [2.45, 2.75) is 38.5 Å². The Hall–Kier alpha value is -2.11. The SMILES string of the molecule is CCOC(=O)c1cc2nc(C3CC4CCC3C4)cc(=O)n2[nH]1. The molecule has 0 saturated heterocycles. The molecule has 6 nitrogen and oxygen atoms in total. The minimum atomic E-state index is -0.464. The second-order valence-electron chi connectivity index (χ2n) is 6.38. The number of esters is 1. The maximum absolute atomic E-state index is 12.3. The van der Waals surface area contributed by atoms with Gasteiger partial charge in [0.2, 0.25) is 0 Å². The van der Waals surface area contributed by atoms with Crippen molar-refractivity contribution in [3.63, 3.8) is 0 Å².